The molecule has 0 saturated heterocycles. The number of hydrogen-bond donors (Lipinski definition) is 1. The minimum absolute atomic E-state index is 0.0259. The van der Waals surface area contributed by atoms with Crippen LogP contribution in [0.2, 0.25) is 0 Å². The van der Waals surface area contributed by atoms with Crippen molar-refractivity contribution in [2.45, 2.75) is 20.8 Å². The summed E-state index contributed by atoms with van der Waals surface area (Å²) in [4.78, 5) is 11.1. The highest BCUT2D eigenvalue weighted by molar-refractivity contribution is 5.73. The molecule has 1 aromatic carbocycles. The van der Waals surface area contributed by atoms with Crippen LogP contribution < -0.4 is 14.2 Å². The van der Waals surface area contributed by atoms with Crippen LogP contribution in [0.15, 0.2) is 12.1 Å². The lowest BCUT2D eigenvalue weighted by Gasteiger charge is -2.22. The molecule has 5 heteroatoms. The van der Waals surface area contributed by atoms with Gasteiger partial charge in [0, 0.05) is 0 Å². The number of hydrogen-bond acceptors (Lipinski definition) is 4. The Kier molecular flexibility index (Phi) is 4.64. The summed E-state index contributed by atoms with van der Waals surface area (Å²) in [5, 5.41) is 9.07. The third kappa shape index (κ3) is 3.53. The average molecular weight is 268 g/mol. The molecular weight excluding hydrogens is 248 g/mol. The van der Waals surface area contributed by atoms with Crippen LogP contribution in [0.1, 0.15) is 19.4 Å². The molecule has 0 aliphatic heterocycles. The van der Waals surface area contributed by atoms with E-state index in [0.717, 1.165) is 5.56 Å². The highest BCUT2D eigenvalue weighted by Gasteiger charge is 2.29. The number of methoxy groups -OCH3 is 2. The highest BCUT2D eigenvalue weighted by Crippen LogP contribution is 2.39. The third-order valence-electron chi connectivity index (χ3n) is 2.76. The molecule has 0 fully saturated rings. The van der Waals surface area contributed by atoms with Crippen molar-refractivity contribution in [2.75, 3.05) is 20.8 Å². The molecular formula is C14H20O5. The Morgan fingerprint density at radius 3 is 2.05 bits per heavy atom. The minimum Gasteiger partial charge on any atom is -0.493 e. The van der Waals surface area contributed by atoms with Gasteiger partial charge in [-0.1, -0.05) is 0 Å². The second-order valence-electron chi connectivity index (χ2n) is 4.98. The quantitative estimate of drug-likeness (QED) is 0.858. The summed E-state index contributed by atoms with van der Waals surface area (Å²) in [6.45, 7) is 5.14. The molecule has 1 N–H and O–H groups in total. The Balaban J connectivity index is 3.03. The lowest BCUT2D eigenvalue weighted by atomic mass is 9.95. The predicted molar refractivity (Wildman–Crippen MR) is 71.2 cm³/mol. The van der Waals surface area contributed by atoms with E-state index in [1.165, 1.54) is 14.2 Å². The maximum Gasteiger partial charge on any atom is 0.312 e. The fourth-order valence-electron chi connectivity index (χ4n) is 1.47. The smallest absolute Gasteiger partial charge is 0.312 e. The van der Waals surface area contributed by atoms with Crippen LogP contribution in [0, 0.1) is 12.3 Å². The highest BCUT2D eigenvalue weighted by atomic mass is 16.5. The van der Waals surface area contributed by atoms with Crippen molar-refractivity contribution in [2.24, 2.45) is 5.41 Å². The zero-order valence-corrected chi connectivity index (χ0v) is 11.9. The molecule has 0 heterocycles. The zero-order chi connectivity index (χ0) is 14.6. The van der Waals surface area contributed by atoms with Crippen molar-refractivity contribution < 1.29 is 24.1 Å². The maximum absolute atomic E-state index is 11.1. The molecule has 19 heavy (non-hydrogen) atoms. The maximum atomic E-state index is 11.1. The molecule has 0 aromatic heterocycles. The summed E-state index contributed by atoms with van der Waals surface area (Å²) in [5.41, 5.74) is -0.0143. The van der Waals surface area contributed by atoms with Gasteiger partial charge in [-0.2, -0.15) is 0 Å². The molecule has 5 nitrogen and oxygen atoms in total. The number of carbonyl (C=O) groups is 1. The monoisotopic (exact) mass is 268 g/mol. The molecule has 0 atom stereocenters. The second kappa shape index (κ2) is 5.82. The summed E-state index contributed by atoms with van der Waals surface area (Å²) >= 11 is 0. The Labute approximate surface area is 113 Å². The van der Waals surface area contributed by atoms with E-state index < -0.39 is 11.4 Å². The molecule has 0 unspecified atom stereocenters. The minimum atomic E-state index is -0.985. The molecule has 0 bridgehead atoms. The lowest BCUT2D eigenvalue weighted by Crippen LogP contribution is -2.30. The van der Waals surface area contributed by atoms with E-state index in [9.17, 15) is 4.79 Å². The first-order chi connectivity index (χ1) is 8.81. The van der Waals surface area contributed by atoms with E-state index in [1.54, 1.807) is 13.8 Å². The van der Waals surface area contributed by atoms with Crippen LogP contribution in [-0.4, -0.2) is 31.9 Å². The number of benzene rings is 1. The van der Waals surface area contributed by atoms with Gasteiger partial charge in [-0.3, -0.25) is 4.79 Å². The van der Waals surface area contributed by atoms with Crippen molar-refractivity contribution in [3.05, 3.63) is 17.7 Å². The summed E-state index contributed by atoms with van der Waals surface area (Å²) in [6, 6.07) is 3.62. The molecule has 0 aliphatic carbocycles. The van der Waals surface area contributed by atoms with Crippen LogP contribution in [0.3, 0.4) is 0 Å². The molecule has 0 aliphatic rings. The van der Waals surface area contributed by atoms with E-state index in [2.05, 4.69) is 0 Å². The normalized spacial score (nSPS) is 11.0. The second-order valence-corrected chi connectivity index (χ2v) is 4.98. The van der Waals surface area contributed by atoms with Crippen molar-refractivity contribution in [1.29, 1.82) is 0 Å². The van der Waals surface area contributed by atoms with Crippen LogP contribution in [0.4, 0.5) is 0 Å². The van der Waals surface area contributed by atoms with Gasteiger partial charge in [-0.15, -0.1) is 0 Å². The summed E-state index contributed by atoms with van der Waals surface area (Å²) in [7, 11) is 3.06. The molecule has 0 radical (unpaired) electrons. The largest absolute Gasteiger partial charge is 0.493 e. The molecule has 1 rings (SSSR count). The number of aliphatic carboxylic acids is 1. The van der Waals surface area contributed by atoms with Crippen LogP contribution in [0.5, 0.6) is 17.2 Å². The van der Waals surface area contributed by atoms with Gasteiger partial charge >= 0.3 is 5.97 Å². The van der Waals surface area contributed by atoms with Gasteiger partial charge in [0.2, 0.25) is 5.75 Å². The SMILES string of the molecule is COc1cc(C)cc(OC)c1OCC(C)(C)C(=O)O. The number of rotatable bonds is 6. The number of carboxylic acid groups (broad SMARTS) is 1. The van der Waals surface area contributed by atoms with Crippen LogP contribution in [0.25, 0.3) is 0 Å². The first kappa shape index (κ1) is 15.1. The Hall–Kier alpha value is -1.91. The van der Waals surface area contributed by atoms with Crippen molar-refractivity contribution in [3.8, 4) is 17.2 Å². The van der Waals surface area contributed by atoms with E-state index in [1.807, 2.05) is 19.1 Å². The molecule has 0 saturated carbocycles. The molecule has 0 spiro atoms. The lowest BCUT2D eigenvalue weighted by molar-refractivity contribution is -0.148. The fourth-order valence-corrected chi connectivity index (χ4v) is 1.47. The Bertz CT molecular complexity index is 440. The Morgan fingerprint density at radius 1 is 1.21 bits per heavy atom. The van der Waals surface area contributed by atoms with E-state index in [4.69, 9.17) is 19.3 Å². The zero-order valence-electron chi connectivity index (χ0n) is 11.9. The summed E-state index contributed by atoms with van der Waals surface area (Å²) in [5.74, 6) is 0.554. The number of ether oxygens (including phenoxy) is 3. The van der Waals surface area contributed by atoms with Gasteiger partial charge in [0.25, 0.3) is 0 Å². The first-order valence-electron chi connectivity index (χ1n) is 5.90. The van der Waals surface area contributed by atoms with Crippen molar-refractivity contribution >= 4 is 5.97 Å². The molecule has 0 amide bonds. The van der Waals surface area contributed by atoms with Gasteiger partial charge in [-0.25, -0.2) is 0 Å². The standard InChI is InChI=1S/C14H20O5/c1-9-6-10(17-4)12(11(7-9)18-5)19-8-14(2,3)13(15)16/h6-7H,8H2,1-5H3,(H,15,16). The third-order valence-corrected chi connectivity index (χ3v) is 2.76. The Morgan fingerprint density at radius 2 is 1.68 bits per heavy atom. The van der Waals surface area contributed by atoms with Crippen molar-refractivity contribution in [3.63, 3.8) is 0 Å². The van der Waals surface area contributed by atoms with E-state index >= 15 is 0 Å². The van der Waals surface area contributed by atoms with Gasteiger partial charge in [-0.05, 0) is 38.5 Å². The van der Waals surface area contributed by atoms with Crippen molar-refractivity contribution in [1.82, 2.24) is 0 Å². The predicted octanol–water partition coefficient (Wildman–Crippen LogP) is 2.50. The van der Waals surface area contributed by atoms with E-state index in [-0.39, 0.29) is 6.61 Å². The molecule has 1 aromatic rings. The molecule has 106 valence electrons. The summed E-state index contributed by atoms with van der Waals surface area (Å²) in [6.07, 6.45) is 0. The average Bonchev–Trinajstić information content (AvgIpc) is 2.35. The van der Waals surface area contributed by atoms with Gasteiger partial charge < -0.3 is 19.3 Å². The van der Waals surface area contributed by atoms with Crippen LogP contribution in [-0.2, 0) is 4.79 Å². The number of aryl methyl sites for hydroxylation is 1. The van der Waals surface area contributed by atoms with E-state index in [0.29, 0.717) is 17.2 Å². The number of carboxylic acids is 1. The van der Waals surface area contributed by atoms with Gasteiger partial charge in [0.1, 0.15) is 6.61 Å². The topological polar surface area (TPSA) is 65.0 Å². The van der Waals surface area contributed by atoms with Gasteiger partial charge in [0.05, 0.1) is 19.6 Å². The van der Waals surface area contributed by atoms with Gasteiger partial charge in [0.15, 0.2) is 11.5 Å². The first-order valence-corrected chi connectivity index (χ1v) is 5.90. The van der Waals surface area contributed by atoms with Crippen LogP contribution >= 0.6 is 0 Å². The summed E-state index contributed by atoms with van der Waals surface area (Å²) < 4.78 is 16.1. The fraction of sp³-hybridized carbons (Fsp3) is 0.500.